The highest BCUT2D eigenvalue weighted by Crippen LogP contribution is 2.00. The van der Waals surface area contributed by atoms with Gasteiger partial charge in [0.05, 0.1) is 12.4 Å². The fourth-order valence-corrected chi connectivity index (χ4v) is 0.968. The van der Waals surface area contributed by atoms with Gasteiger partial charge in [0.15, 0.2) is 6.29 Å². The van der Waals surface area contributed by atoms with Crippen LogP contribution in [0.4, 0.5) is 4.39 Å². The third-order valence-electron chi connectivity index (χ3n) is 1.52. The SMILES string of the molecule is O=Cc1cccn1CCCF. The van der Waals surface area contributed by atoms with Gasteiger partial charge in [0.1, 0.15) is 0 Å². The highest BCUT2D eigenvalue weighted by molar-refractivity contribution is 5.72. The molecule has 0 atom stereocenters. The Labute approximate surface area is 64.6 Å². The Bertz CT molecular complexity index is 232. The zero-order valence-corrected chi connectivity index (χ0v) is 6.16. The molecular weight excluding hydrogens is 145 g/mol. The quantitative estimate of drug-likeness (QED) is 0.606. The topological polar surface area (TPSA) is 22.0 Å². The molecule has 0 aliphatic rings. The molecule has 0 radical (unpaired) electrons. The van der Waals surface area contributed by atoms with E-state index in [2.05, 4.69) is 0 Å². The number of hydrogen-bond acceptors (Lipinski definition) is 1. The predicted octanol–water partition coefficient (Wildman–Crippen LogP) is 1.66. The minimum absolute atomic E-state index is 0.337. The third-order valence-corrected chi connectivity index (χ3v) is 1.52. The maximum Gasteiger partial charge on any atom is 0.166 e. The number of aryl methyl sites for hydroxylation is 1. The summed E-state index contributed by atoms with van der Waals surface area (Å²) in [5.74, 6) is 0. The van der Waals surface area contributed by atoms with Crippen LogP contribution in [-0.4, -0.2) is 17.5 Å². The van der Waals surface area contributed by atoms with Gasteiger partial charge >= 0.3 is 0 Å². The molecule has 1 aromatic heterocycles. The number of carbonyl (C=O) groups is 1. The van der Waals surface area contributed by atoms with Crippen LogP contribution in [0.15, 0.2) is 18.3 Å². The Morgan fingerprint density at radius 1 is 1.64 bits per heavy atom. The number of alkyl halides is 1. The minimum atomic E-state index is -0.337. The van der Waals surface area contributed by atoms with Gasteiger partial charge in [-0.1, -0.05) is 0 Å². The smallest absolute Gasteiger partial charge is 0.166 e. The van der Waals surface area contributed by atoms with Crippen LogP contribution in [-0.2, 0) is 6.54 Å². The molecule has 3 heteroatoms. The van der Waals surface area contributed by atoms with E-state index >= 15 is 0 Å². The van der Waals surface area contributed by atoms with E-state index in [1.807, 2.05) is 0 Å². The van der Waals surface area contributed by atoms with Crippen molar-refractivity contribution in [1.29, 1.82) is 0 Å². The average molecular weight is 155 g/mol. The zero-order valence-electron chi connectivity index (χ0n) is 6.16. The van der Waals surface area contributed by atoms with E-state index in [1.165, 1.54) is 0 Å². The van der Waals surface area contributed by atoms with Crippen molar-refractivity contribution in [2.75, 3.05) is 6.67 Å². The van der Waals surface area contributed by atoms with Crippen LogP contribution in [0.2, 0.25) is 0 Å². The maximum atomic E-state index is 11.7. The Hall–Kier alpha value is -1.12. The summed E-state index contributed by atoms with van der Waals surface area (Å²) in [5, 5.41) is 0. The van der Waals surface area contributed by atoms with E-state index in [-0.39, 0.29) is 6.67 Å². The zero-order chi connectivity index (χ0) is 8.10. The molecule has 0 aliphatic carbocycles. The molecule has 0 fully saturated rings. The first-order valence-electron chi connectivity index (χ1n) is 3.55. The van der Waals surface area contributed by atoms with Crippen LogP contribution >= 0.6 is 0 Å². The van der Waals surface area contributed by atoms with Gasteiger partial charge in [-0.3, -0.25) is 9.18 Å². The average Bonchev–Trinajstić information content (AvgIpc) is 2.47. The van der Waals surface area contributed by atoms with Gasteiger partial charge in [0.25, 0.3) is 0 Å². The summed E-state index contributed by atoms with van der Waals surface area (Å²) in [6, 6.07) is 3.49. The number of aldehydes is 1. The Kier molecular flexibility index (Phi) is 2.83. The summed E-state index contributed by atoms with van der Waals surface area (Å²) in [4.78, 5) is 10.3. The van der Waals surface area contributed by atoms with Crippen molar-refractivity contribution in [1.82, 2.24) is 4.57 Å². The fraction of sp³-hybridized carbons (Fsp3) is 0.375. The van der Waals surface area contributed by atoms with Crippen LogP contribution in [0, 0.1) is 0 Å². The lowest BCUT2D eigenvalue weighted by molar-refractivity contribution is 0.111. The Balaban J connectivity index is 2.61. The van der Waals surface area contributed by atoms with Crippen molar-refractivity contribution in [2.45, 2.75) is 13.0 Å². The standard InChI is InChI=1S/C8H10FNO/c9-4-2-6-10-5-1-3-8(10)7-11/h1,3,5,7H,2,4,6H2. The van der Waals surface area contributed by atoms with Crippen molar-refractivity contribution >= 4 is 6.29 Å². The van der Waals surface area contributed by atoms with Crippen LogP contribution in [0.1, 0.15) is 16.9 Å². The number of aromatic nitrogens is 1. The van der Waals surface area contributed by atoms with Crippen molar-refractivity contribution in [3.05, 3.63) is 24.0 Å². The molecule has 2 nitrogen and oxygen atoms in total. The summed E-state index contributed by atoms with van der Waals surface area (Å²) in [5.41, 5.74) is 0.610. The highest BCUT2D eigenvalue weighted by atomic mass is 19.1. The molecule has 1 rings (SSSR count). The number of nitrogens with zero attached hydrogens (tertiary/aromatic N) is 1. The van der Waals surface area contributed by atoms with E-state index in [0.717, 1.165) is 6.29 Å². The number of hydrogen-bond donors (Lipinski definition) is 0. The van der Waals surface area contributed by atoms with Gasteiger partial charge in [-0.2, -0.15) is 0 Å². The molecule has 11 heavy (non-hydrogen) atoms. The summed E-state index contributed by atoms with van der Waals surface area (Å²) in [6.07, 6.45) is 3.02. The monoisotopic (exact) mass is 155 g/mol. The molecule has 0 unspecified atom stereocenters. The van der Waals surface area contributed by atoms with Crippen LogP contribution in [0.5, 0.6) is 0 Å². The first-order chi connectivity index (χ1) is 5.38. The summed E-state index contributed by atoms with van der Waals surface area (Å²) >= 11 is 0. The second-order valence-corrected chi connectivity index (χ2v) is 2.29. The minimum Gasteiger partial charge on any atom is -0.345 e. The molecule has 60 valence electrons. The molecule has 1 heterocycles. The van der Waals surface area contributed by atoms with Crippen LogP contribution in [0.3, 0.4) is 0 Å². The van der Waals surface area contributed by atoms with E-state index in [4.69, 9.17) is 0 Å². The van der Waals surface area contributed by atoms with Crippen molar-refractivity contribution in [3.8, 4) is 0 Å². The Morgan fingerprint density at radius 2 is 2.45 bits per heavy atom. The number of rotatable bonds is 4. The van der Waals surface area contributed by atoms with Gasteiger partial charge in [-0.15, -0.1) is 0 Å². The number of halogens is 1. The van der Waals surface area contributed by atoms with E-state index in [9.17, 15) is 9.18 Å². The van der Waals surface area contributed by atoms with E-state index in [0.29, 0.717) is 18.7 Å². The van der Waals surface area contributed by atoms with Crippen molar-refractivity contribution in [2.24, 2.45) is 0 Å². The summed E-state index contributed by atoms with van der Waals surface area (Å²) < 4.78 is 13.5. The second-order valence-electron chi connectivity index (χ2n) is 2.29. The molecule has 0 aliphatic heterocycles. The lowest BCUT2D eigenvalue weighted by atomic mass is 10.4. The molecule has 0 aromatic carbocycles. The highest BCUT2D eigenvalue weighted by Gasteiger charge is 1.96. The molecule has 1 aromatic rings. The van der Waals surface area contributed by atoms with Crippen LogP contribution in [0.25, 0.3) is 0 Å². The van der Waals surface area contributed by atoms with Gasteiger partial charge in [-0.05, 0) is 18.6 Å². The lowest BCUT2D eigenvalue weighted by Crippen LogP contribution is -2.01. The molecular formula is C8H10FNO. The molecule has 0 saturated carbocycles. The van der Waals surface area contributed by atoms with Crippen molar-refractivity contribution < 1.29 is 9.18 Å². The van der Waals surface area contributed by atoms with Crippen molar-refractivity contribution in [3.63, 3.8) is 0 Å². The fourth-order valence-electron chi connectivity index (χ4n) is 0.968. The van der Waals surface area contributed by atoms with Gasteiger partial charge in [0.2, 0.25) is 0 Å². The molecule has 0 bridgehead atoms. The van der Waals surface area contributed by atoms with Crippen LogP contribution < -0.4 is 0 Å². The maximum absolute atomic E-state index is 11.7. The largest absolute Gasteiger partial charge is 0.345 e. The van der Waals surface area contributed by atoms with Gasteiger partial charge in [0, 0.05) is 12.7 Å². The second kappa shape index (κ2) is 3.91. The molecule has 0 N–H and O–H groups in total. The predicted molar refractivity (Wildman–Crippen MR) is 40.4 cm³/mol. The molecule has 0 spiro atoms. The van der Waals surface area contributed by atoms with E-state index < -0.39 is 0 Å². The first kappa shape index (κ1) is 7.98. The molecule has 0 amide bonds. The first-order valence-corrected chi connectivity index (χ1v) is 3.55. The Morgan fingerprint density at radius 3 is 3.09 bits per heavy atom. The summed E-state index contributed by atoms with van der Waals surface area (Å²) in [7, 11) is 0. The lowest BCUT2D eigenvalue weighted by Gasteiger charge is -2.01. The molecule has 0 saturated heterocycles. The normalized spacial score (nSPS) is 9.91. The van der Waals surface area contributed by atoms with E-state index in [1.54, 1.807) is 22.9 Å². The van der Waals surface area contributed by atoms with Gasteiger partial charge in [-0.25, -0.2) is 0 Å². The summed E-state index contributed by atoms with van der Waals surface area (Å²) in [6.45, 7) is 0.244. The number of carbonyl (C=O) groups excluding carboxylic acids is 1. The third kappa shape index (κ3) is 1.90. The van der Waals surface area contributed by atoms with Gasteiger partial charge < -0.3 is 4.57 Å².